The first-order valence-electron chi connectivity index (χ1n) is 11.4. The summed E-state index contributed by atoms with van der Waals surface area (Å²) in [6, 6.07) is 19.9. The molecule has 0 N–H and O–H groups in total. The van der Waals surface area contributed by atoms with Crippen molar-refractivity contribution in [3.63, 3.8) is 0 Å². The Morgan fingerprint density at radius 3 is 2.36 bits per heavy atom. The molecular formula is C28H29N3O2. The Hall–Kier alpha value is -3.73. The number of hydrogen-bond acceptors (Lipinski definition) is 3. The monoisotopic (exact) mass is 439 g/mol. The van der Waals surface area contributed by atoms with Crippen LogP contribution in [0.1, 0.15) is 54.1 Å². The normalized spacial score (nSPS) is 14.6. The molecular weight excluding hydrogens is 410 g/mol. The van der Waals surface area contributed by atoms with Crippen molar-refractivity contribution in [2.75, 3.05) is 0 Å². The maximum atomic E-state index is 13.7. The molecule has 1 atom stereocenters. The molecule has 1 aliphatic rings. The van der Waals surface area contributed by atoms with Crippen molar-refractivity contribution < 1.29 is 9.59 Å². The van der Waals surface area contributed by atoms with E-state index in [0.717, 1.165) is 28.7 Å². The summed E-state index contributed by atoms with van der Waals surface area (Å²) in [6.07, 6.45) is 8.44. The van der Waals surface area contributed by atoms with Crippen LogP contribution in [0.5, 0.6) is 0 Å². The van der Waals surface area contributed by atoms with Crippen molar-refractivity contribution >= 4 is 17.9 Å². The van der Waals surface area contributed by atoms with E-state index in [1.807, 2.05) is 47.4 Å². The maximum absolute atomic E-state index is 13.7. The quantitative estimate of drug-likeness (QED) is 0.512. The topological polar surface area (TPSA) is 53.5 Å². The van der Waals surface area contributed by atoms with Crippen molar-refractivity contribution in [3.8, 4) is 0 Å². The van der Waals surface area contributed by atoms with Crippen molar-refractivity contribution in [2.24, 2.45) is 0 Å². The van der Waals surface area contributed by atoms with Crippen LogP contribution in [0, 0.1) is 0 Å². The van der Waals surface area contributed by atoms with E-state index in [1.54, 1.807) is 30.4 Å². The maximum Gasteiger partial charge on any atom is 0.225 e. The molecule has 5 heteroatoms. The summed E-state index contributed by atoms with van der Waals surface area (Å²) in [5, 5.41) is 0. The van der Waals surface area contributed by atoms with Gasteiger partial charge in [-0.25, -0.2) is 0 Å². The van der Waals surface area contributed by atoms with Crippen molar-refractivity contribution in [1.29, 1.82) is 0 Å². The average Bonchev–Trinajstić information content (AvgIpc) is 2.84. The van der Waals surface area contributed by atoms with Crippen LogP contribution in [0.25, 0.3) is 6.08 Å². The third kappa shape index (κ3) is 5.37. The van der Waals surface area contributed by atoms with Gasteiger partial charge in [0, 0.05) is 38.6 Å². The molecule has 1 unspecified atom stereocenters. The predicted octanol–water partition coefficient (Wildman–Crippen LogP) is 5.14. The van der Waals surface area contributed by atoms with Crippen LogP contribution in [0.3, 0.4) is 0 Å². The highest BCUT2D eigenvalue weighted by molar-refractivity contribution is 5.82. The summed E-state index contributed by atoms with van der Waals surface area (Å²) in [5.41, 5.74) is 5.37. The number of aromatic nitrogens is 1. The van der Waals surface area contributed by atoms with E-state index in [1.165, 1.54) is 5.56 Å². The first-order valence-corrected chi connectivity index (χ1v) is 11.4. The molecule has 168 valence electrons. The zero-order chi connectivity index (χ0) is 23.2. The van der Waals surface area contributed by atoms with Gasteiger partial charge in [-0.05, 0) is 46.4 Å². The Morgan fingerprint density at radius 2 is 1.67 bits per heavy atom. The molecule has 0 radical (unpaired) electrons. The molecule has 1 aliphatic heterocycles. The van der Waals surface area contributed by atoms with Gasteiger partial charge >= 0.3 is 0 Å². The van der Waals surface area contributed by atoms with Gasteiger partial charge in [-0.15, -0.1) is 0 Å². The zero-order valence-corrected chi connectivity index (χ0v) is 19.1. The van der Waals surface area contributed by atoms with Gasteiger partial charge in [0.1, 0.15) is 0 Å². The van der Waals surface area contributed by atoms with E-state index < -0.39 is 0 Å². The molecule has 0 spiro atoms. The minimum Gasteiger partial charge on any atom is -0.334 e. The van der Waals surface area contributed by atoms with Crippen molar-refractivity contribution in [1.82, 2.24) is 14.8 Å². The summed E-state index contributed by atoms with van der Waals surface area (Å²) < 4.78 is 0. The number of aryl methyl sites for hydroxylation is 1. The fraction of sp³-hybridized carbons (Fsp3) is 0.250. The van der Waals surface area contributed by atoms with Crippen LogP contribution in [0.15, 0.2) is 79.3 Å². The minimum absolute atomic E-state index is 0.000209. The van der Waals surface area contributed by atoms with Gasteiger partial charge in [0.2, 0.25) is 11.8 Å². The van der Waals surface area contributed by atoms with Gasteiger partial charge in [0.05, 0.1) is 12.5 Å². The molecule has 5 nitrogen and oxygen atoms in total. The third-order valence-corrected chi connectivity index (χ3v) is 6.09. The summed E-state index contributed by atoms with van der Waals surface area (Å²) in [5.74, 6) is -0.0766. The number of nitrogens with zero attached hydrogens (tertiary/aromatic N) is 3. The van der Waals surface area contributed by atoms with Gasteiger partial charge in [-0.1, -0.05) is 61.5 Å². The van der Waals surface area contributed by atoms with E-state index in [9.17, 15) is 9.59 Å². The lowest BCUT2D eigenvalue weighted by molar-refractivity contribution is -0.135. The Balaban J connectivity index is 1.60. The average molecular weight is 440 g/mol. The zero-order valence-electron chi connectivity index (χ0n) is 19.1. The molecule has 4 rings (SSSR count). The number of fused-ring (bicyclic) bond motifs is 1. The molecule has 0 aliphatic carbocycles. The molecule has 33 heavy (non-hydrogen) atoms. The van der Waals surface area contributed by atoms with Gasteiger partial charge in [-0.3, -0.25) is 14.6 Å². The Kier molecular flexibility index (Phi) is 6.98. The summed E-state index contributed by atoms with van der Waals surface area (Å²) in [7, 11) is 0. The largest absolute Gasteiger partial charge is 0.334 e. The fourth-order valence-corrected chi connectivity index (χ4v) is 4.25. The molecule has 0 bridgehead atoms. The second-order valence-electron chi connectivity index (χ2n) is 8.37. The lowest BCUT2D eigenvalue weighted by atomic mass is 9.93. The molecule has 3 aromatic rings. The Morgan fingerprint density at radius 1 is 0.939 bits per heavy atom. The molecule has 0 saturated heterocycles. The van der Waals surface area contributed by atoms with E-state index in [4.69, 9.17) is 0 Å². The molecule has 2 amide bonds. The number of carbonyl (C=O) groups is 2. The Labute approximate surface area is 195 Å². The molecule has 0 fully saturated rings. The number of carbonyl (C=O) groups excluding carboxylic acids is 2. The number of hydrogen-bond donors (Lipinski definition) is 0. The number of pyridine rings is 1. The number of amides is 2. The highest BCUT2D eigenvalue weighted by Crippen LogP contribution is 2.33. The van der Waals surface area contributed by atoms with Gasteiger partial charge in [-0.2, -0.15) is 0 Å². The van der Waals surface area contributed by atoms with Gasteiger partial charge in [0.25, 0.3) is 0 Å². The van der Waals surface area contributed by atoms with Gasteiger partial charge < -0.3 is 9.80 Å². The molecule has 1 aromatic heterocycles. The standard InChI is InChI=1S/C28H29N3O2/c1-3-22-10-12-23(13-11-22)19-30(20-24-7-6-15-29-18-24)28(33)17-27-26-9-5-4-8-25(26)14-16-31(27)21(2)32/h4-16,18,27H,3,17,19-20H2,1-2H3. The first-order chi connectivity index (χ1) is 16.0. The minimum atomic E-state index is -0.324. The lowest BCUT2D eigenvalue weighted by Crippen LogP contribution is -2.37. The Bertz CT molecular complexity index is 1140. The SMILES string of the molecule is CCc1ccc(CN(Cc2cccnc2)C(=O)CC2c3ccccc3C=CN2C(C)=O)cc1. The van der Waals surface area contributed by atoms with Crippen molar-refractivity contribution in [3.05, 3.63) is 107 Å². The molecule has 0 saturated carbocycles. The summed E-state index contributed by atoms with van der Waals surface area (Å²) >= 11 is 0. The second-order valence-corrected chi connectivity index (χ2v) is 8.37. The smallest absolute Gasteiger partial charge is 0.225 e. The highest BCUT2D eigenvalue weighted by atomic mass is 16.2. The molecule has 2 aromatic carbocycles. The van der Waals surface area contributed by atoms with E-state index in [0.29, 0.717) is 13.1 Å². The second kappa shape index (κ2) is 10.3. The number of rotatable bonds is 7. The number of benzene rings is 2. The van der Waals surface area contributed by atoms with Crippen LogP contribution < -0.4 is 0 Å². The van der Waals surface area contributed by atoms with Crippen LogP contribution in [-0.4, -0.2) is 26.6 Å². The molecule has 2 heterocycles. The summed E-state index contributed by atoms with van der Waals surface area (Å²) in [4.78, 5) is 33.8. The van der Waals surface area contributed by atoms with Crippen LogP contribution >= 0.6 is 0 Å². The summed E-state index contributed by atoms with van der Waals surface area (Å²) in [6.45, 7) is 4.64. The highest BCUT2D eigenvalue weighted by Gasteiger charge is 2.30. The fourth-order valence-electron chi connectivity index (χ4n) is 4.25. The van der Waals surface area contributed by atoms with Crippen molar-refractivity contribution in [2.45, 2.75) is 45.8 Å². The predicted molar refractivity (Wildman–Crippen MR) is 130 cm³/mol. The van der Waals surface area contributed by atoms with E-state index in [-0.39, 0.29) is 24.3 Å². The van der Waals surface area contributed by atoms with Gasteiger partial charge in [0.15, 0.2) is 0 Å². The van der Waals surface area contributed by atoms with E-state index in [2.05, 4.69) is 36.2 Å². The van der Waals surface area contributed by atoms with Crippen LogP contribution in [0.4, 0.5) is 0 Å². The third-order valence-electron chi connectivity index (χ3n) is 6.09. The lowest BCUT2D eigenvalue weighted by Gasteiger charge is -2.34. The van der Waals surface area contributed by atoms with Crippen LogP contribution in [-0.2, 0) is 29.1 Å². The van der Waals surface area contributed by atoms with Crippen LogP contribution in [0.2, 0.25) is 0 Å². The van der Waals surface area contributed by atoms with E-state index >= 15 is 0 Å². The first kappa shape index (κ1) is 22.5.